The van der Waals surface area contributed by atoms with Gasteiger partial charge in [-0.2, -0.15) is 0 Å². The van der Waals surface area contributed by atoms with Gasteiger partial charge >= 0.3 is 0 Å². The van der Waals surface area contributed by atoms with Gasteiger partial charge in [-0.15, -0.1) is 0 Å². The molecule has 3 rings (SSSR count). The molecule has 0 unspecified atom stereocenters. The van der Waals surface area contributed by atoms with E-state index >= 15 is 0 Å². The van der Waals surface area contributed by atoms with Crippen molar-refractivity contribution < 1.29 is 19.0 Å². The normalized spacial score (nSPS) is 17.8. The molecule has 0 fully saturated rings. The molecule has 1 amide bonds. The van der Waals surface area contributed by atoms with Crippen LogP contribution in [0.15, 0.2) is 42.5 Å². The number of carbonyl (C=O) groups excluding carboxylic acids is 1. The second-order valence-electron chi connectivity index (χ2n) is 6.70. The number of nitrogens with one attached hydrogen (secondary N) is 1. The van der Waals surface area contributed by atoms with Gasteiger partial charge < -0.3 is 19.5 Å². The number of para-hydroxylation sites is 1. The molecule has 25 heavy (non-hydrogen) atoms. The molecular formula is C20H23NO4. The molecule has 1 heterocycles. The van der Waals surface area contributed by atoms with Crippen LogP contribution in [0.4, 0.5) is 0 Å². The molecule has 5 heteroatoms. The van der Waals surface area contributed by atoms with E-state index in [1.165, 1.54) is 0 Å². The lowest BCUT2D eigenvalue weighted by Gasteiger charge is -2.37. The van der Waals surface area contributed by atoms with E-state index in [-0.39, 0.29) is 17.6 Å². The predicted octanol–water partition coefficient (Wildman–Crippen LogP) is 3.74. The van der Waals surface area contributed by atoms with Crippen molar-refractivity contribution in [3.63, 3.8) is 0 Å². The molecule has 0 radical (unpaired) electrons. The van der Waals surface area contributed by atoms with E-state index in [1.807, 2.05) is 38.1 Å². The SMILES string of the molecule is COc1ccc(C(=O)N[C@H]2CC(C)(C)Oc3ccccc32)cc1OC. The van der Waals surface area contributed by atoms with Gasteiger partial charge in [-0.25, -0.2) is 0 Å². The van der Waals surface area contributed by atoms with Crippen molar-refractivity contribution in [1.82, 2.24) is 5.32 Å². The summed E-state index contributed by atoms with van der Waals surface area (Å²) in [7, 11) is 3.12. The van der Waals surface area contributed by atoms with Gasteiger partial charge in [0, 0.05) is 17.5 Å². The number of ether oxygens (including phenoxy) is 3. The van der Waals surface area contributed by atoms with Crippen LogP contribution in [0.5, 0.6) is 17.2 Å². The van der Waals surface area contributed by atoms with Gasteiger partial charge in [0.15, 0.2) is 11.5 Å². The van der Waals surface area contributed by atoms with Crippen LogP contribution in [-0.4, -0.2) is 25.7 Å². The third-order valence-corrected chi connectivity index (χ3v) is 4.33. The van der Waals surface area contributed by atoms with Gasteiger partial charge in [-0.3, -0.25) is 4.79 Å². The zero-order chi connectivity index (χ0) is 18.0. The molecular weight excluding hydrogens is 318 g/mol. The summed E-state index contributed by atoms with van der Waals surface area (Å²) in [6.07, 6.45) is 0.697. The van der Waals surface area contributed by atoms with E-state index in [4.69, 9.17) is 14.2 Å². The highest BCUT2D eigenvalue weighted by atomic mass is 16.5. The summed E-state index contributed by atoms with van der Waals surface area (Å²) >= 11 is 0. The van der Waals surface area contributed by atoms with Crippen molar-refractivity contribution in [2.75, 3.05) is 14.2 Å². The number of amides is 1. The van der Waals surface area contributed by atoms with Crippen molar-refractivity contribution in [3.05, 3.63) is 53.6 Å². The molecule has 5 nitrogen and oxygen atoms in total. The lowest BCUT2D eigenvalue weighted by Crippen LogP contribution is -2.41. The van der Waals surface area contributed by atoms with Crippen molar-refractivity contribution in [2.24, 2.45) is 0 Å². The largest absolute Gasteiger partial charge is 0.493 e. The smallest absolute Gasteiger partial charge is 0.251 e. The number of hydrogen-bond donors (Lipinski definition) is 1. The van der Waals surface area contributed by atoms with E-state index in [0.29, 0.717) is 23.5 Å². The molecule has 0 saturated heterocycles. The standard InChI is InChI=1S/C20H23NO4/c1-20(2)12-15(14-7-5-6-8-16(14)25-20)21-19(22)13-9-10-17(23-3)18(11-13)24-4/h5-11,15H,12H2,1-4H3,(H,21,22)/t15-/m0/s1. The fraction of sp³-hybridized carbons (Fsp3) is 0.350. The summed E-state index contributed by atoms with van der Waals surface area (Å²) in [5, 5.41) is 3.12. The maximum Gasteiger partial charge on any atom is 0.251 e. The molecule has 0 saturated carbocycles. The van der Waals surface area contributed by atoms with Crippen LogP contribution >= 0.6 is 0 Å². The molecule has 2 aromatic rings. The van der Waals surface area contributed by atoms with Gasteiger partial charge in [-0.1, -0.05) is 18.2 Å². The number of rotatable bonds is 4. The summed E-state index contributed by atoms with van der Waals surface area (Å²) in [6, 6.07) is 12.9. The van der Waals surface area contributed by atoms with Gasteiger partial charge in [0.2, 0.25) is 0 Å². The second kappa shape index (κ2) is 6.67. The summed E-state index contributed by atoms with van der Waals surface area (Å²) in [6.45, 7) is 4.05. The lowest BCUT2D eigenvalue weighted by atomic mass is 9.89. The first kappa shape index (κ1) is 17.1. The average Bonchev–Trinajstić information content (AvgIpc) is 2.60. The van der Waals surface area contributed by atoms with Gasteiger partial charge in [-0.05, 0) is 38.1 Å². The van der Waals surface area contributed by atoms with E-state index in [1.54, 1.807) is 32.4 Å². The predicted molar refractivity (Wildman–Crippen MR) is 95.5 cm³/mol. The molecule has 0 aliphatic carbocycles. The monoisotopic (exact) mass is 341 g/mol. The van der Waals surface area contributed by atoms with E-state index in [0.717, 1.165) is 11.3 Å². The van der Waals surface area contributed by atoms with Crippen LogP contribution in [0.1, 0.15) is 42.2 Å². The van der Waals surface area contributed by atoms with Gasteiger partial charge in [0.25, 0.3) is 5.91 Å². The fourth-order valence-corrected chi connectivity index (χ4v) is 3.15. The van der Waals surface area contributed by atoms with Gasteiger partial charge in [0.1, 0.15) is 11.4 Å². The van der Waals surface area contributed by atoms with Crippen LogP contribution in [0.3, 0.4) is 0 Å². The van der Waals surface area contributed by atoms with Crippen LogP contribution in [0, 0.1) is 0 Å². The minimum absolute atomic E-state index is 0.111. The zero-order valence-electron chi connectivity index (χ0n) is 15.0. The molecule has 1 N–H and O–H groups in total. The number of hydrogen-bond acceptors (Lipinski definition) is 4. The third-order valence-electron chi connectivity index (χ3n) is 4.33. The third kappa shape index (κ3) is 3.55. The molecule has 1 aliphatic heterocycles. The lowest BCUT2D eigenvalue weighted by molar-refractivity contribution is 0.0619. The molecule has 1 atom stereocenters. The summed E-state index contributed by atoms with van der Waals surface area (Å²) in [5.41, 5.74) is 1.18. The zero-order valence-corrected chi connectivity index (χ0v) is 15.0. The Hall–Kier alpha value is -2.69. The van der Waals surface area contributed by atoms with Crippen LogP contribution in [-0.2, 0) is 0 Å². The fourth-order valence-electron chi connectivity index (χ4n) is 3.15. The summed E-state index contributed by atoms with van der Waals surface area (Å²) in [4.78, 5) is 12.8. The Bertz CT molecular complexity index is 785. The minimum Gasteiger partial charge on any atom is -0.493 e. The summed E-state index contributed by atoms with van der Waals surface area (Å²) in [5.74, 6) is 1.79. The Kier molecular flexibility index (Phi) is 4.57. The van der Waals surface area contributed by atoms with Gasteiger partial charge in [0.05, 0.1) is 20.3 Å². The minimum atomic E-state index is -0.343. The molecule has 0 spiro atoms. The van der Waals surface area contributed by atoms with Crippen molar-refractivity contribution in [3.8, 4) is 17.2 Å². The number of carbonyl (C=O) groups is 1. The number of fused-ring (bicyclic) bond motifs is 1. The first-order valence-electron chi connectivity index (χ1n) is 8.24. The molecule has 2 aromatic carbocycles. The Morgan fingerprint density at radius 3 is 2.56 bits per heavy atom. The van der Waals surface area contributed by atoms with Crippen LogP contribution < -0.4 is 19.5 Å². The summed E-state index contributed by atoms with van der Waals surface area (Å²) < 4.78 is 16.5. The van der Waals surface area contributed by atoms with Crippen molar-refractivity contribution >= 4 is 5.91 Å². The topological polar surface area (TPSA) is 56.8 Å². The van der Waals surface area contributed by atoms with E-state index < -0.39 is 0 Å². The molecule has 1 aliphatic rings. The number of methoxy groups -OCH3 is 2. The molecule has 0 bridgehead atoms. The highest BCUT2D eigenvalue weighted by Crippen LogP contribution is 2.39. The van der Waals surface area contributed by atoms with E-state index in [2.05, 4.69) is 5.32 Å². The maximum atomic E-state index is 12.8. The van der Waals surface area contributed by atoms with E-state index in [9.17, 15) is 4.79 Å². The highest BCUT2D eigenvalue weighted by molar-refractivity contribution is 5.95. The Labute approximate surface area is 147 Å². The number of benzene rings is 2. The van der Waals surface area contributed by atoms with Crippen LogP contribution in [0.25, 0.3) is 0 Å². The maximum absolute atomic E-state index is 12.8. The Balaban J connectivity index is 1.86. The van der Waals surface area contributed by atoms with Crippen LogP contribution in [0.2, 0.25) is 0 Å². The average molecular weight is 341 g/mol. The van der Waals surface area contributed by atoms with Crippen molar-refractivity contribution in [2.45, 2.75) is 31.9 Å². The quantitative estimate of drug-likeness (QED) is 0.920. The van der Waals surface area contributed by atoms with Crippen molar-refractivity contribution in [1.29, 1.82) is 0 Å². The second-order valence-corrected chi connectivity index (χ2v) is 6.70. The first-order chi connectivity index (χ1) is 11.9. The Morgan fingerprint density at radius 1 is 1.12 bits per heavy atom. The molecule has 132 valence electrons. The Morgan fingerprint density at radius 2 is 1.84 bits per heavy atom. The highest BCUT2D eigenvalue weighted by Gasteiger charge is 2.34. The molecule has 0 aromatic heterocycles. The first-order valence-corrected chi connectivity index (χ1v) is 8.24.